The third-order valence-electron chi connectivity index (χ3n) is 6.88. The normalized spacial score (nSPS) is 17.5. The van der Waals surface area contributed by atoms with Crippen molar-refractivity contribution in [3.05, 3.63) is 47.8 Å². The molecule has 2 unspecified atom stereocenters. The number of fused-ring (bicyclic) bond motifs is 1. The number of ether oxygens (including phenoxy) is 4. The van der Waals surface area contributed by atoms with Crippen LogP contribution in [0.5, 0.6) is 11.6 Å². The number of halogens is 4. The number of rotatable bonds is 7. The summed E-state index contributed by atoms with van der Waals surface area (Å²) in [4.78, 5) is 33.1. The van der Waals surface area contributed by atoms with Gasteiger partial charge in [0.15, 0.2) is 11.8 Å². The standard InChI is InChI=1S/C32H41F4N5O6/c1-19(2)23-16-37-27-22(40(29(43)47-31(6,7)8)17-20-11-9-10-12-24(20)45-32(34,35)36)15-26(38-41(23)27)44-25-13-14-39(18-21(25)33)28(42)46-30(3,4)5/h9-12,15-16,19,21,25H,13-14,17-18H2,1-8H3. The fourth-order valence-corrected chi connectivity index (χ4v) is 4.86. The number of likely N-dealkylation sites (tertiary alicyclic amines) is 1. The second kappa shape index (κ2) is 13.4. The Labute approximate surface area is 270 Å². The fourth-order valence-electron chi connectivity index (χ4n) is 4.86. The van der Waals surface area contributed by atoms with Crippen molar-refractivity contribution >= 4 is 23.5 Å². The van der Waals surface area contributed by atoms with Gasteiger partial charge in [-0.1, -0.05) is 32.0 Å². The number of amides is 2. The topological polar surface area (TPSA) is 108 Å². The van der Waals surface area contributed by atoms with Gasteiger partial charge in [-0.05, 0) is 53.5 Å². The smallest absolute Gasteiger partial charge is 0.470 e. The molecule has 0 aliphatic carbocycles. The Morgan fingerprint density at radius 1 is 1.04 bits per heavy atom. The van der Waals surface area contributed by atoms with Crippen molar-refractivity contribution in [1.29, 1.82) is 0 Å². The molecule has 47 heavy (non-hydrogen) atoms. The number of carbonyl (C=O) groups excluding carboxylic acids is 2. The van der Waals surface area contributed by atoms with E-state index in [1.807, 2.05) is 13.8 Å². The Morgan fingerprint density at radius 3 is 2.30 bits per heavy atom. The second-order valence-electron chi connectivity index (χ2n) is 13.6. The Bertz CT molecular complexity index is 1580. The molecule has 1 saturated heterocycles. The molecule has 0 spiro atoms. The van der Waals surface area contributed by atoms with E-state index < -0.39 is 54.3 Å². The molecular weight excluding hydrogens is 626 g/mol. The highest BCUT2D eigenvalue weighted by molar-refractivity contribution is 5.92. The molecule has 0 saturated carbocycles. The number of aromatic nitrogens is 3. The lowest BCUT2D eigenvalue weighted by Gasteiger charge is -2.35. The van der Waals surface area contributed by atoms with Gasteiger partial charge in [-0.15, -0.1) is 18.3 Å². The summed E-state index contributed by atoms with van der Waals surface area (Å²) in [6.45, 7) is 13.4. The number of alkyl halides is 4. The van der Waals surface area contributed by atoms with Crippen LogP contribution < -0.4 is 14.4 Å². The molecule has 4 rings (SSSR count). The van der Waals surface area contributed by atoms with E-state index in [1.54, 1.807) is 47.7 Å². The van der Waals surface area contributed by atoms with Crippen LogP contribution in [0.1, 0.15) is 79.0 Å². The summed E-state index contributed by atoms with van der Waals surface area (Å²) < 4.78 is 78.1. The zero-order chi connectivity index (χ0) is 34.9. The molecule has 1 aliphatic heterocycles. The van der Waals surface area contributed by atoms with Crippen LogP contribution in [0.15, 0.2) is 36.5 Å². The van der Waals surface area contributed by atoms with E-state index >= 15 is 4.39 Å². The zero-order valence-corrected chi connectivity index (χ0v) is 27.7. The summed E-state index contributed by atoms with van der Waals surface area (Å²) in [7, 11) is 0. The number of hydrogen-bond donors (Lipinski definition) is 0. The van der Waals surface area contributed by atoms with Gasteiger partial charge in [0, 0.05) is 24.6 Å². The highest BCUT2D eigenvalue weighted by Crippen LogP contribution is 2.34. The first-order valence-electron chi connectivity index (χ1n) is 15.2. The van der Waals surface area contributed by atoms with Crippen molar-refractivity contribution in [1.82, 2.24) is 19.5 Å². The number of piperidine rings is 1. The van der Waals surface area contributed by atoms with E-state index in [1.165, 1.54) is 33.7 Å². The van der Waals surface area contributed by atoms with Crippen LogP contribution in [0.4, 0.5) is 32.8 Å². The molecule has 2 aromatic heterocycles. The van der Waals surface area contributed by atoms with Crippen molar-refractivity contribution in [3.8, 4) is 11.6 Å². The molecule has 2 amide bonds. The molecule has 0 N–H and O–H groups in total. The Hall–Kier alpha value is -4.30. The Balaban J connectivity index is 1.75. The van der Waals surface area contributed by atoms with E-state index in [2.05, 4.69) is 14.8 Å². The van der Waals surface area contributed by atoms with Crippen molar-refractivity contribution < 1.29 is 46.1 Å². The second-order valence-corrected chi connectivity index (χ2v) is 13.6. The largest absolute Gasteiger partial charge is 0.573 e. The van der Waals surface area contributed by atoms with E-state index in [9.17, 15) is 22.8 Å². The maximum Gasteiger partial charge on any atom is 0.573 e. The van der Waals surface area contributed by atoms with Gasteiger partial charge in [0.05, 0.1) is 30.7 Å². The summed E-state index contributed by atoms with van der Waals surface area (Å²) in [5.41, 5.74) is -0.765. The number of hydrogen-bond acceptors (Lipinski definition) is 8. The first-order chi connectivity index (χ1) is 21.7. The van der Waals surface area contributed by atoms with Crippen LogP contribution in [0, 0.1) is 0 Å². The quantitative estimate of drug-likeness (QED) is 0.240. The zero-order valence-electron chi connectivity index (χ0n) is 27.7. The fraction of sp³-hybridized carbons (Fsp3) is 0.562. The van der Waals surface area contributed by atoms with Gasteiger partial charge in [0.1, 0.15) is 23.1 Å². The van der Waals surface area contributed by atoms with Gasteiger partial charge in [-0.25, -0.2) is 23.5 Å². The summed E-state index contributed by atoms with van der Waals surface area (Å²) >= 11 is 0. The van der Waals surface area contributed by atoms with Gasteiger partial charge < -0.3 is 23.8 Å². The number of carbonyl (C=O) groups is 2. The van der Waals surface area contributed by atoms with E-state index in [4.69, 9.17) is 14.2 Å². The number of imidazole rings is 1. The third kappa shape index (κ3) is 9.38. The Morgan fingerprint density at radius 2 is 1.70 bits per heavy atom. The first-order valence-corrected chi connectivity index (χ1v) is 15.2. The lowest BCUT2D eigenvalue weighted by Crippen LogP contribution is -2.50. The average Bonchev–Trinajstić information content (AvgIpc) is 3.35. The van der Waals surface area contributed by atoms with E-state index in [0.29, 0.717) is 5.69 Å². The van der Waals surface area contributed by atoms with Crippen molar-refractivity contribution in [2.75, 3.05) is 18.0 Å². The minimum absolute atomic E-state index is 0.0297. The summed E-state index contributed by atoms with van der Waals surface area (Å²) in [6.07, 6.45) is -7.43. The van der Waals surface area contributed by atoms with Crippen molar-refractivity contribution in [2.45, 2.75) is 104 Å². The van der Waals surface area contributed by atoms with Gasteiger partial charge in [-0.3, -0.25) is 4.90 Å². The highest BCUT2D eigenvalue weighted by Gasteiger charge is 2.37. The van der Waals surface area contributed by atoms with Gasteiger partial charge >= 0.3 is 18.5 Å². The molecule has 11 nitrogen and oxygen atoms in total. The monoisotopic (exact) mass is 667 g/mol. The van der Waals surface area contributed by atoms with Crippen LogP contribution in [-0.2, 0) is 16.0 Å². The van der Waals surface area contributed by atoms with Crippen molar-refractivity contribution in [2.24, 2.45) is 0 Å². The molecule has 258 valence electrons. The lowest BCUT2D eigenvalue weighted by atomic mass is 10.1. The number of para-hydroxylation sites is 1. The summed E-state index contributed by atoms with van der Waals surface area (Å²) in [5, 5.41) is 4.55. The lowest BCUT2D eigenvalue weighted by molar-refractivity contribution is -0.274. The molecule has 1 aliphatic rings. The number of benzene rings is 1. The van der Waals surface area contributed by atoms with Gasteiger partial charge in [-0.2, -0.15) is 0 Å². The molecule has 15 heteroatoms. The van der Waals surface area contributed by atoms with E-state index in [-0.39, 0.29) is 48.2 Å². The highest BCUT2D eigenvalue weighted by atomic mass is 19.4. The van der Waals surface area contributed by atoms with Crippen LogP contribution in [0.2, 0.25) is 0 Å². The number of nitrogens with zero attached hydrogens (tertiary/aromatic N) is 5. The van der Waals surface area contributed by atoms with Gasteiger partial charge in [0.25, 0.3) is 0 Å². The van der Waals surface area contributed by atoms with Crippen molar-refractivity contribution in [3.63, 3.8) is 0 Å². The minimum atomic E-state index is -4.98. The number of anilines is 1. The van der Waals surface area contributed by atoms with Crippen LogP contribution in [-0.4, -0.2) is 74.6 Å². The molecule has 0 bridgehead atoms. The molecule has 0 radical (unpaired) electrons. The predicted molar refractivity (Wildman–Crippen MR) is 164 cm³/mol. The molecule has 3 heterocycles. The van der Waals surface area contributed by atoms with Crippen LogP contribution in [0.25, 0.3) is 5.65 Å². The summed E-state index contributed by atoms with van der Waals surface area (Å²) in [5.74, 6) is -0.667. The molecular formula is C32H41F4N5O6. The first kappa shape index (κ1) is 35.6. The predicted octanol–water partition coefficient (Wildman–Crippen LogP) is 7.42. The molecule has 1 aromatic carbocycles. The summed E-state index contributed by atoms with van der Waals surface area (Å²) in [6, 6.07) is 6.80. The SMILES string of the molecule is CC(C)c1cnc2c(N(Cc3ccccc3OC(F)(F)F)C(=O)OC(C)(C)C)cc(OC3CCN(C(=O)OC(C)(C)C)CC3F)nn12. The molecule has 2 atom stereocenters. The van der Waals surface area contributed by atoms with Crippen LogP contribution >= 0.6 is 0 Å². The van der Waals surface area contributed by atoms with Crippen LogP contribution in [0.3, 0.4) is 0 Å². The van der Waals surface area contributed by atoms with Gasteiger partial charge in [0.2, 0.25) is 5.88 Å². The minimum Gasteiger partial charge on any atom is -0.470 e. The third-order valence-corrected chi connectivity index (χ3v) is 6.88. The maximum absolute atomic E-state index is 15.5. The molecule has 1 fully saturated rings. The maximum atomic E-state index is 15.5. The Kier molecular flexibility index (Phi) is 10.2. The van der Waals surface area contributed by atoms with E-state index in [0.717, 1.165) is 11.0 Å². The average molecular weight is 668 g/mol. The molecule has 3 aromatic rings.